The van der Waals surface area contributed by atoms with Gasteiger partial charge in [0, 0.05) is 22.3 Å². The average molecular weight is 403 g/mol. The Bertz CT molecular complexity index is 1260. The SMILES string of the molecule is Fc1ccccc1-c1ccc(-c2nc(-c3ccccc3)nc(-c3ccccc3)n2)cc1. The highest BCUT2D eigenvalue weighted by molar-refractivity contribution is 5.70. The van der Waals surface area contributed by atoms with Crippen LogP contribution in [0.25, 0.3) is 45.3 Å². The second-order valence-corrected chi connectivity index (χ2v) is 7.10. The fourth-order valence-electron chi connectivity index (χ4n) is 3.43. The van der Waals surface area contributed by atoms with Gasteiger partial charge in [0.15, 0.2) is 17.5 Å². The fourth-order valence-corrected chi connectivity index (χ4v) is 3.43. The summed E-state index contributed by atoms with van der Waals surface area (Å²) >= 11 is 0. The van der Waals surface area contributed by atoms with Crippen molar-refractivity contribution in [1.82, 2.24) is 15.0 Å². The van der Waals surface area contributed by atoms with E-state index < -0.39 is 0 Å². The van der Waals surface area contributed by atoms with Crippen LogP contribution < -0.4 is 0 Å². The van der Waals surface area contributed by atoms with Gasteiger partial charge in [0.25, 0.3) is 0 Å². The molecule has 0 spiro atoms. The van der Waals surface area contributed by atoms with E-state index in [9.17, 15) is 4.39 Å². The van der Waals surface area contributed by atoms with Gasteiger partial charge in [-0.05, 0) is 11.6 Å². The molecule has 1 aromatic heterocycles. The third kappa shape index (κ3) is 3.96. The Balaban J connectivity index is 1.61. The Morgan fingerprint density at radius 2 is 0.774 bits per heavy atom. The van der Waals surface area contributed by atoms with E-state index in [1.807, 2.05) is 91.0 Å². The van der Waals surface area contributed by atoms with Crippen LogP contribution in [0.2, 0.25) is 0 Å². The second kappa shape index (κ2) is 8.28. The molecule has 31 heavy (non-hydrogen) atoms. The van der Waals surface area contributed by atoms with Crippen molar-refractivity contribution in [2.45, 2.75) is 0 Å². The molecule has 5 aromatic rings. The van der Waals surface area contributed by atoms with E-state index in [4.69, 9.17) is 15.0 Å². The smallest absolute Gasteiger partial charge is 0.164 e. The quantitative estimate of drug-likeness (QED) is 0.336. The molecule has 0 amide bonds. The molecule has 0 bridgehead atoms. The lowest BCUT2D eigenvalue weighted by Crippen LogP contribution is -2.00. The molecule has 4 heteroatoms. The zero-order chi connectivity index (χ0) is 21.0. The van der Waals surface area contributed by atoms with Crippen LogP contribution >= 0.6 is 0 Å². The van der Waals surface area contributed by atoms with Crippen molar-refractivity contribution in [3.8, 4) is 45.3 Å². The lowest BCUT2D eigenvalue weighted by atomic mass is 10.0. The van der Waals surface area contributed by atoms with Crippen LogP contribution in [0.5, 0.6) is 0 Å². The molecule has 0 fully saturated rings. The van der Waals surface area contributed by atoms with Gasteiger partial charge in [-0.15, -0.1) is 0 Å². The first kappa shape index (κ1) is 18.8. The summed E-state index contributed by atoms with van der Waals surface area (Å²) in [5.41, 5.74) is 4.07. The van der Waals surface area contributed by atoms with Crippen LogP contribution in [0.15, 0.2) is 109 Å². The van der Waals surface area contributed by atoms with Gasteiger partial charge in [-0.25, -0.2) is 19.3 Å². The first-order valence-electron chi connectivity index (χ1n) is 10.0. The number of rotatable bonds is 4. The molecule has 0 aliphatic heterocycles. The predicted octanol–water partition coefficient (Wildman–Crippen LogP) is 6.68. The van der Waals surface area contributed by atoms with Crippen molar-refractivity contribution < 1.29 is 4.39 Å². The first-order chi connectivity index (χ1) is 15.3. The van der Waals surface area contributed by atoms with Gasteiger partial charge < -0.3 is 0 Å². The standard InChI is InChI=1S/C27H18FN3/c28-24-14-8-7-13-23(24)19-15-17-22(18-16-19)27-30-25(20-9-3-1-4-10-20)29-26(31-27)21-11-5-2-6-12-21/h1-18H. The van der Waals surface area contributed by atoms with E-state index in [0.29, 0.717) is 23.0 Å². The van der Waals surface area contributed by atoms with E-state index >= 15 is 0 Å². The maximum Gasteiger partial charge on any atom is 0.164 e. The highest BCUT2D eigenvalue weighted by Crippen LogP contribution is 2.27. The maximum absolute atomic E-state index is 14.1. The third-order valence-corrected chi connectivity index (χ3v) is 5.03. The summed E-state index contributed by atoms with van der Waals surface area (Å²) in [5, 5.41) is 0. The minimum atomic E-state index is -0.242. The van der Waals surface area contributed by atoms with E-state index in [2.05, 4.69) is 0 Å². The van der Waals surface area contributed by atoms with Crippen LogP contribution in [0.4, 0.5) is 4.39 Å². The van der Waals surface area contributed by atoms with E-state index in [1.165, 1.54) is 6.07 Å². The van der Waals surface area contributed by atoms with Gasteiger partial charge in [0.2, 0.25) is 0 Å². The zero-order valence-electron chi connectivity index (χ0n) is 16.6. The highest BCUT2D eigenvalue weighted by Gasteiger charge is 2.12. The molecule has 0 N–H and O–H groups in total. The molecule has 0 atom stereocenters. The summed E-state index contributed by atoms with van der Waals surface area (Å²) in [4.78, 5) is 14.2. The third-order valence-electron chi connectivity index (χ3n) is 5.03. The predicted molar refractivity (Wildman–Crippen MR) is 122 cm³/mol. The van der Waals surface area contributed by atoms with Crippen LogP contribution in [-0.4, -0.2) is 15.0 Å². The normalized spacial score (nSPS) is 10.7. The van der Waals surface area contributed by atoms with Crippen molar-refractivity contribution in [3.05, 3.63) is 115 Å². The second-order valence-electron chi connectivity index (χ2n) is 7.10. The van der Waals surface area contributed by atoms with Crippen LogP contribution in [0, 0.1) is 5.82 Å². The number of hydrogen-bond acceptors (Lipinski definition) is 3. The number of aromatic nitrogens is 3. The molecule has 0 radical (unpaired) electrons. The van der Waals surface area contributed by atoms with E-state index in [1.54, 1.807) is 12.1 Å². The highest BCUT2D eigenvalue weighted by atomic mass is 19.1. The van der Waals surface area contributed by atoms with Crippen LogP contribution in [0.1, 0.15) is 0 Å². The molecule has 0 aliphatic rings. The van der Waals surface area contributed by atoms with Gasteiger partial charge in [-0.3, -0.25) is 0 Å². The minimum absolute atomic E-state index is 0.242. The van der Waals surface area contributed by atoms with Crippen molar-refractivity contribution in [2.75, 3.05) is 0 Å². The van der Waals surface area contributed by atoms with Gasteiger partial charge in [-0.2, -0.15) is 0 Å². The lowest BCUT2D eigenvalue weighted by molar-refractivity contribution is 0.631. The molecular formula is C27H18FN3. The molecule has 5 rings (SSSR count). The summed E-state index contributed by atoms with van der Waals surface area (Å²) < 4.78 is 14.1. The van der Waals surface area contributed by atoms with Crippen molar-refractivity contribution in [3.63, 3.8) is 0 Å². The molecular weight excluding hydrogens is 385 g/mol. The van der Waals surface area contributed by atoms with E-state index in [-0.39, 0.29) is 5.82 Å². The Hall–Kier alpha value is -4.18. The maximum atomic E-state index is 14.1. The summed E-state index contributed by atoms with van der Waals surface area (Å²) in [6, 6.07) is 34.1. The number of halogens is 1. The molecule has 3 nitrogen and oxygen atoms in total. The van der Waals surface area contributed by atoms with Gasteiger partial charge in [-0.1, -0.05) is 103 Å². The number of hydrogen-bond donors (Lipinski definition) is 0. The van der Waals surface area contributed by atoms with Crippen molar-refractivity contribution in [1.29, 1.82) is 0 Å². The molecule has 0 unspecified atom stereocenters. The Kier molecular flexibility index (Phi) is 5.03. The summed E-state index contributed by atoms with van der Waals surface area (Å²) in [6.07, 6.45) is 0. The monoisotopic (exact) mass is 403 g/mol. The van der Waals surface area contributed by atoms with Crippen LogP contribution in [-0.2, 0) is 0 Å². The Labute approximate surface area is 179 Å². The first-order valence-corrected chi connectivity index (χ1v) is 10.0. The molecule has 0 aliphatic carbocycles. The molecule has 0 saturated carbocycles. The fraction of sp³-hybridized carbons (Fsp3) is 0. The van der Waals surface area contributed by atoms with Gasteiger partial charge >= 0.3 is 0 Å². The van der Waals surface area contributed by atoms with E-state index in [0.717, 1.165) is 22.3 Å². The van der Waals surface area contributed by atoms with Crippen molar-refractivity contribution >= 4 is 0 Å². The van der Waals surface area contributed by atoms with Crippen LogP contribution in [0.3, 0.4) is 0 Å². The Morgan fingerprint density at radius 3 is 1.26 bits per heavy atom. The molecule has 0 saturated heterocycles. The van der Waals surface area contributed by atoms with Crippen molar-refractivity contribution in [2.24, 2.45) is 0 Å². The summed E-state index contributed by atoms with van der Waals surface area (Å²) in [5.74, 6) is 1.56. The zero-order valence-corrected chi connectivity index (χ0v) is 16.6. The number of benzene rings is 4. The molecule has 1 heterocycles. The molecule has 148 valence electrons. The average Bonchev–Trinajstić information content (AvgIpc) is 2.85. The molecule has 4 aromatic carbocycles. The topological polar surface area (TPSA) is 38.7 Å². The van der Waals surface area contributed by atoms with Gasteiger partial charge in [0.05, 0.1) is 0 Å². The Morgan fingerprint density at radius 1 is 0.387 bits per heavy atom. The summed E-state index contributed by atoms with van der Waals surface area (Å²) in [6.45, 7) is 0. The lowest BCUT2D eigenvalue weighted by Gasteiger charge is -2.09. The van der Waals surface area contributed by atoms with Gasteiger partial charge in [0.1, 0.15) is 5.82 Å². The largest absolute Gasteiger partial charge is 0.208 e. The number of nitrogens with zero attached hydrogens (tertiary/aromatic N) is 3. The summed E-state index contributed by atoms with van der Waals surface area (Å²) in [7, 11) is 0. The minimum Gasteiger partial charge on any atom is -0.208 e.